The second-order valence-electron chi connectivity index (χ2n) is 9.34. The number of nitrogens with one attached hydrogen (secondary N) is 1. The quantitative estimate of drug-likeness (QED) is 0.794. The zero-order valence-electron chi connectivity index (χ0n) is 17.2. The molecular weight excluding hydrogens is 370 g/mol. The third-order valence-corrected chi connectivity index (χ3v) is 7.33. The molecule has 4 rings (SSSR count). The summed E-state index contributed by atoms with van der Waals surface area (Å²) in [6, 6.07) is 6.67. The number of hydrogen-bond acceptors (Lipinski definition) is 5. The number of fused-ring (bicyclic) bond motifs is 4. The van der Waals surface area contributed by atoms with Crippen LogP contribution in [0.25, 0.3) is 0 Å². The molecule has 1 aliphatic carbocycles. The number of thioether (sulfide) groups is 1. The van der Waals surface area contributed by atoms with Crippen molar-refractivity contribution in [3.8, 4) is 5.75 Å². The molecule has 4 unspecified atom stereocenters. The van der Waals surface area contributed by atoms with Crippen molar-refractivity contribution >= 4 is 22.8 Å². The second-order valence-corrected chi connectivity index (χ2v) is 10.3. The van der Waals surface area contributed by atoms with Crippen LogP contribution >= 0.6 is 11.8 Å². The molecule has 152 valence electrons. The number of rotatable bonds is 2. The molecule has 4 atom stereocenters. The van der Waals surface area contributed by atoms with Gasteiger partial charge in [0.2, 0.25) is 5.91 Å². The Morgan fingerprint density at radius 3 is 2.82 bits per heavy atom. The smallest absolute Gasteiger partial charge is 0.225 e. The molecule has 5 nitrogen and oxygen atoms in total. The molecule has 2 aliphatic heterocycles. The fourth-order valence-electron chi connectivity index (χ4n) is 4.69. The van der Waals surface area contributed by atoms with E-state index in [1.54, 1.807) is 11.8 Å². The van der Waals surface area contributed by atoms with Gasteiger partial charge in [-0.15, -0.1) is 0 Å². The summed E-state index contributed by atoms with van der Waals surface area (Å²) in [5, 5.41) is 3.94. The molecule has 2 heterocycles. The highest BCUT2D eigenvalue weighted by molar-refractivity contribution is 8.14. The van der Waals surface area contributed by atoms with Crippen LogP contribution in [0.4, 0.5) is 0 Å². The number of carbonyl (C=O) groups excluding carboxylic acids is 1. The number of hydrogen-bond donors (Lipinski definition) is 2. The van der Waals surface area contributed by atoms with Crippen LogP contribution in [0, 0.1) is 11.3 Å². The van der Waals surface area contributed by atoms with Crippen molar-refractivity contribution in [2.75, 3.05) is 5.75 Å². The highest BCUT2D eigenvalue weighted by Crippen LogP contribution is 2.54. The van der Waals surface area contributed by atoms with E-state index in [4.69, 9.17) is 15.5 Å². The number of ether oxygens (including phenoxy) is 1. The van der Waals surface area contributed by atoms with E-state index in [2.05, 4.69) is 30.4 Å². The van der Waals surface area contributed by atoms with Gasteiger partial charge in [0.15, 0.2) is 5.17 Å². The van der Waals surface area contributed by atoms with E-state index < -0.39 is 0 Å². The third-order valence-electron chi connectivity index (χ3n) is 6.36. The van der Waals surface area contributed by atoms with E-state index in [0.29, 0.717) is 5.17 Å². The summed E-state index contributed by atoms with van der Waals surface area (Å²) in [5.74, 6) is 2.14. The van der Waals surface area contributed by atoms with Crippen molar-refractivity contribution in [3.05, 3.63) is 29.3 Å². The number of benzene rings is 1. The Bertz CT molecular complexity index is 816. The van der Waals surface area contributed by atoms with Gasteiger partial charge in [-0.2, -0.15) is 0 Å². The number of aliphatic imine (C=N–C) groups is 1. The average molecular weight is 402 g/mol. The van der Waals surface area contributed by atoms with E-state index in [0.717, 1.165) is 37.2 Å². The molecule has 3 aliphatic rings. The van der Waals surface area contributed by atoms with Crippen molar-refractivity contribution in [1.29, 1.82) is 0 Å². The Labute approximate surface area is 171 Å². The van der Waals surface area contributed by atoms with Gasteiger partial charge < -0.3 is 15.8 Å². The summed E-state index contributed by atoms with van der Waals surface area (Å²) in [7, 11) is 0. The van der Waals surface area contributed by atoms with Gasteiger partial charge in [0, 0.05) is 28.7 Å². The first-order chi connectivity index (χ1) is 13.2. The van der Waals surface area contributed by atoms with Crippen LogP contribution in [-0.2, 0) is 16.8 Å². The normalized spacial score (nSPS) is 31.6. The molecule has 1 aromatic carbocycles. The molecule has 0 bridgehead atoms. The van der Waals surface area contributed by atoms with Gasteiger partial charge in [0.1, 0.15) is 17.4 Å². The fraction of sp³-hybridized carbons (Fsp3) is 0.636. The molecule has 0 aromatic heterocycles. The number of amides is 1. The molecule has 1 amide bonds. The first-order valence-corrected chi connectivity index (χ1v) is 11.3. The van der Waals surface area contributed by atoms with E-state index in [9.17, 15) is 4.79 Å². The summed E-state index contributed by atoms with van der Waals surface area (Å²) >= 11 is 1.64. The molecule has 0 saturated heterocycles. The predicted molar refractivity (Wildman–Crippen MR) is 115 cm³/mol. The van der Waals surface area contributed by atoms with Crippen LogP contribution in [0.15, 0.2) is 23.2 Å². The van der Waals surface area contributed by atoms with E-state index >= 15 is 0 Å². The Morgan fingerprint density at radius 2 is 2.18 bits per heavy atom. The largest absolute Gasteiger partial charge is 0.490 e. The minimum absolute atomic E-state index is 0.110. The highest BCUT2D eigenvalue weighted by atomic mass is 32.2. The molecule has 1 fully saturated rings. The Hall–Kier alpha value is -1.69. The first-order valence-electron chi connectivity index (χ1n) is 10.3. The summed E-state index contributed by atoms with van der Waals surface area (Å²) in [6.45, 7) is 8.04. The minimum atomic E-state index is -0.383. The summed E-state index contributed by atoms with van der Waals surface area (Å²) in [5.41, 5.74) is 7.90. The molecule has 1 spiro atoms. The van der Waals surface area contributed by atoms with Crippen LogP contribution in [0.5, 0.6) is 5.75 Å². The standard InChI is InChI=1S/C22H31N3O2S/c1-5-13-6-8-17-15(10-13)22(12-28-20(23)25-22)16-11-14(7-9-18(16)27-17)24-19(26)21(2,3)4/h6,8,10,14,16,18H,5,7,9,11-12H2,1-4H3,(H2,23,25)(H,24,26). The highest BCUT2D eigenvalue weighted by Gasteiger charge is 2.54. The maximum absolute atomic E-state index is 12.5. The minimum Gasteiger partial charge on any atom is -0.490 e. The molecule has 6 heteroatoms. The van der Waals surface area contributed by atoms with Gasteiger partial charge in [0.25, 0.3) is 0 Å². The molecular formula is C22H31N3O2S. The number of nitrogens with zero attached hydrogens (tertiary/aromatic N) is 1. The number of carbonyl (C=O) groups is 1. The Kier molecular flexibility index (Phi) is 4.89. The second kappa shape index (κ2) is 6.97. The van der Waals surface area contributed by atoms with Crippen LogP contribution in [0.3, 0.4) is 0 Å². The SMILES string of the molecule is CCc1ccc2c(c1)C1(CSC(N)=N1)C1CC(NC(=O)C(C)(C)C)CCC1O2. The molecule has 28 heavy (non-hydrogen) atoms. The summed E-state index contributed by atoms with van der Waals surface area (Å²) < 4.78 is 6.45. The average Bonchev–Trinajstić information content (AvgIpc) is 3.04. The van der Waals surface area contributed by atoms with Gasteiger partial charge in [-0.25, -0.2) is 4.99 Å². The van der Waals surface area contributed by atoms with Crippen LogP contribution in [0.2, 0.25) is 0 Å². The summed E-state index contributed by atoms with van der Waals surface area (Å²) in [6.07, 6.45) is 3.84. The van der Waals surface area contributed by atoms with Crippen molar-refractivity contribution in [1.82, 2.24) is 5.32 Å². The van der Waals surface area contributed by atoms with Gasteiger partial charge >= 0.3 is 0 Å². The van der Waals surface area contributed by atoms with Crippen molar-refractivity contribution in [2.45, 2.75) is 71.1 Å². The van der Waals surface area contributed by atoms with E-state index in [1.165, 1.54) is 11.1 Å². The van der Waals surface area contributed by atoms with Crippen LogP contribution < -0.4 is 15.8 Å². The predicted octanol–water partition coefficient (Wildman–Crippen LogP) is 3.60. The monoisotopic (exact) mass is 401 g/mol. The first kappa shape index (κ1) is 19.6. The molecule has 1 saturated carbocycles. The lowest BCUT2D eigenvalue weighted by Crippen LogP contribution is -2.55. The lowest BCUT2D eigenvalue weighted by atomic mass is 9.67. The number of amidine groups is 1. The van der Waals surface area contributed by atoms with Crippen LogP contribution in [0.1, 0.15) is 58.1 Å². The Balaban J connectivity index is 1.68. The molecule has 3 N–H and O–H groups in total. The van der Waals surface area contributed by atoms with Gasteiger partial charge in [0.05, 0.1) is 0 Å². The van der Waals surface area contributed by atoms with Gasteiger partial charge in [-0.1, -0.05) is 45.5 Å². The lowest BCUT2D eigenvalue weighted by Gasteiger charge is -2.49. The number of aryl methyl sites for hydroxylation is 1. The van der Waals surface area contributed by atoms with Gasteiger partial charge in [-0.3, -0.25) is 4.79 Å². The maximum atomic E-state index is 12.5. The van der Waals surface area contributed by atoms with Crippen molar-refractivity contribution < 1.29 is 9.53 Å². The number of nitrogens with two attached hydrogens (primary N) is 1. The van der Waals surface area contributed by atoms with Crippen molar-refractivity contribution in [3.63, 3.8) is 0 Å². The Morgan fingerprint density at radius 1 is 1.39 bits per heavy atom. The lowest BCUT2D eigenvalue weighted by molar-refractivity contribution is -0.130. The molecule has 0 radical (unpaired) electrons. The van der Waals surface area contributed by atoms with Crippen molar-refractivity contribution in [2.24, 2.45) is 22.1 Å². The summed E-state index contributed by atoms with van der Waals surface area (Å²) in [4.78, 5) is 17.6. The van der Waals surface area contributed by atoms with Gasteiger partial charge in [-0.05, 0) is 43.4 Å². The van der Waals surface area contributed by atoms with E-state index in [-0.39, 0.29) is 34.9 Å². The zero-order valence-corrected chi connectivity index (χ0v) is 18.1. The molecule has 1 aromatic rings. The maximum Gasteiger partial charge on any atom is 0.225 e. The van der Waals surface area contributed by atoms with E-state index in [1.807, 2.05) is 20.8 Å². The van der Waals surface area contributed by atoms with Crippen LogP contribution in [-0.4, -0.2) is 29.0 Å². The topological polar surface area (TPSA) is 76.7 Å². The third kappa shape index (κ3) is 3.30. The fourth-order valence-corrected chi connectivity index (χ4v) is 5.72. The zero-order chi connectivity index (χ0) is 20.1.